The van der Waals surface area contributed by atoms with Crippen LogP contribution in [0, 0.1) is 0 Å². The van der Waals surface area contributed by atoms with Crippen molar-refractivity contribution in [2.75, 3.05) is 7.11 Å². The van der Waals surface area contributed by atoms with E-state index in [1.54, 1.807) is 30.3 Å². The summed E-state index contributed by atoms with van der Waals surface area (Å²) in [5.41, 5.74) is 2.51. The van der Waals surface area contributed by atoms with Crippen LogP contribution >= 0.6 is 0 Å². The third-order valence-electron chi connectivity index (χ3n) is 3.57. The van der Waals surface area contributed by atoms with E-state index in [-0.39, 0.29) is 17.3 Å². The predicted molar refractivity (Wildman–Crippen MR) is 78.8 cm³/mol. The number of hydrogen-bond donors (Lipinski definition) is 2. The van der Waals surface area contributed by atoms with Gasteiger partial charge in [0.1, 0.15) is 5.75 Å². The highest BCUT2D eigenvalue weighted by Crippen LogP contribution is 2.34. The van der Waals surface area contributed by atoms with Gasteiger partial charge in [0.2, 0.25) is 0 Å². The van der Waals surface area contributed by atoms with E-state index in [4.69, 9.17) is 4.74 Å². The smallest absolute Gasteiger partial charge is 0.193 e. The molecule has 0 radical (unpaired) electrons. The average Bonchev–Trinajstić information content (AvgIpc) is 2.77. The Kier molecular flexibility index (Phi) is 3.14. The van der Waals surface area contributed by atoms with Crippen molar-refractivity contribution in [1.29, 1.82) is 0 Å². The van der Waals surface area contributed by atoms with Crippen LogP contribution < -0.4 is 4.74 Å². The molecule has 1 aliphatic rings. The number of phenols is 2. The number of fused-ring (bicyclic) bond motifs is 1. The number of Topliss-reactive ketones (excluding diaryl/α,β-unsaturated/α-hetero) is 1. The Morgan fingerprint density at radius 3 is 2.62 bits per heavy atom. The molecule has 0 saturated carbocycles. The maximum absolute atomic E-state index is 12.3. The zero-order valence-corrected chi connectivity index (χ0v) is 11.5. The molecule has 0 saturated heterocycles. The van der Waals surface area contributed by atoms with Crippen LogP contribution in [0.5, 0.6) is 17.2 Å². The standard InChI is InChI=1S/C17H14O4/c1-21-15-6-5-10(8-14(15)19)7-12-9-11-3-2-4-13(18)16(11)17(12)20/h2-8,18-19H,9H2,1H3/b12-7+. The summed E-state index contributed by atoms with van der Waals surface area (Å²) >= 11 is 0. The lowest BCUT2D eigenvalue weighted by molar-refractivity contribution is 0.103. The van der Waals surface area contributed by atoms with Crippen molar-refractivity contribution in [1.82, 2.24) is 0 Å². The molecule has 1 aliphatic carbocycles. The fourth-order valence-electron chi connectivity index (χ4n) is 2.56. The van der Waals surface area contributed by atoms with Gasteiger partial charge in [-0.3, -0.25) is 4.79 Å². The van der Waals surface area contributed by atoms with Gasteiger partial charge in [0.25, 0.3) is 0 Å². The second kappa shape index (κ2) is 4.98. The van der Waals surface area contributed by atoms with Crippen LogP contribution in [-0.4, -0.2) is 23.1 Å². The lowest BCUT2D eigenvalue weighted by Crippen LogP contribution is -1.95. The van der Waals surface area contributed by atoms with Gasteiger partial charge in [0.15, 0.2) is 17.3 Å². The first-order chi connectivity index (χ1) is 10.1. The number of carbonyl (C=O) groups excluding carboxylic acids is 1. The molecule has 106 valence electrons. The predicted octanol–water partition coefficient (Wildman–Crippen LogP) is 2.93. The van der Waals surface area contributed by atoms with Crippen molar-refractivity contribution in [3.05, 3.63) is 58.7 Å². The number of methoxy groups -OCH3 is 1. The molecule has 2 N–H and O–H groups in total. The first-order valence-electron chi connectivity index (χ1n) is 6.53. The van der Waals surface area contributed by atoms with E-state index in [0.717, 1.165) is 5.56 Å². The quantitative estimate of drug-likeness (QED) is 0.831. The fraction of sp³-hybridized carbons (Fsp3) is 0.118. The highest BCUT2D eigenvalue weighted by molar-refractivity contribution is 6.17. The number of ether oxygens (including phenoxy) is 1. The average molecular weight is 282 g/mol. The van der Waals surface area contributed by atoms with E-state index < -0.39 is 0 Å². The van der Waals surface area contributed by atoms with Gasteiger partial charge in [-0.15, -0.1) is 0 Å². The highest BCUT2D eigenvalue weighted by atomic mass is 16.5. The summed E-state index contributed by atoms with van der Waals surface area (Å²) in [6, 6.07) is 10.0. The zero-order valence-electron chi connectivity index (χ0n) is 11.5. The lowest BCUT2D eigenvalue weighted by Gasteiger charge is -2.04. The molecule has 0 amide bonds. The Morgan fingerprint density at radius 2 is 1.95 bits per heavy atom. The van der Waals surface area contributed by atoms with Crippen molar-refractivity contribution in [2.24, 2.45) is 0 Å². The van der Waals surface area contributed by atoms with E-state index in [2.05, 4.69) is 0 Å². The molecule has 0 unspecified atom stereocenters. The van der Waals surface area contributed by atoms with Crippen LogP contribution in [0.15, 0.2) is 42.0 Å². The second-order valence-electron chi connectivity index (χ2n) is 4.92. The molecule has 0 aromatic heterocycles. The Balaban J connectivity index is 1.98. The number of hydrogen-bond acceptors (Lipinski definition) is 4. The van der Waals surface area contributed by atoms with Crippen LogP contribution in [0.2, 0.25) is 0 Å². The number of benzene rings is 2. The van der Waals surface area contributed by atoms with Gasteiger partial charge < -0.3 is 14.9 Å². The van der Waals surface area contributed by atoms with Crippen LogP contribution in [0.1, 0.15) is 21.5 Å². The van der Waals surface area contributed by atoms with Gasteiger partial charge in [-0.25, -0.2) is 0 Å². The Labute approximate surface area is 121 Å². The third-order valence-corrected chi connectivity index (χ3v) is 3.57. The van der Waals surface area contributed by atoms with Gasteiger partial charge in [-0.05, 0) is 35.4 Å². The summed E-state index contributed by atoms with van der Waals surface area (Å²) in [7, 11) is 1.48. The van der Waals surface area contributed by atoms with Crippen LogP contribution in [0.3, 0.4) is 0 Å². The number of rotatable bonds is 2. The molecule has 21 heavy (non-hydrogen) atoms. The van der Waals surface area contributed by atoms with E-state index in [1.807, 2.05) is 6.07 Å². The molecule has 2 aromatic rings. The normalized spacial score (nSPS) is 15.3. The topological polar surface area (TPSA) is 66.8 Å². The second-order valence-corrected chi connectivity index (χ2v) is 4.92. The number of phenolic OH excluding ortho intramolecular Hbond substituents is 2. The van der Waals surface area contributed by atoms with E-state index in [9.17, 15) is 15.0 Å². The summed E-state index contributed by atoms with van der Waals surface area (Å²) in [5, 5.41) is 19.6. The molecule has 0 atom stereocenters. The minimum absolute atomic E-state index is 0.0125. The van der Waals surface area contributed by atoms with Gasteiger partial charge in [-0.1, -0.05) is 18.2 Å². The van der Waals surface area contributed by atoms with E-state index in [0.29, 0.717) is 28.9 Å². The summed E-state index contributed by atoms with van der Waals surface area (Å²) in [4.78, 5) is 12.3. The Hall–Kier alpha value is -2.75. The van der Waals surface area contributed by atoms with Gasteiger partial charge >= 0.3 is 0 Å². The summed E-state index contributed by atoms with van der Waals surface area (Å²) in [5.74, 6) is 0.255. The number of carbonyl (C=O) groups is 1. The van der Waals surface area contributed by atoms with Crippen molar-refractivity contribution in [3.63, 3.8) is 0 Å². The van der Waals surface area contributed by atoms with E-state index >= 15 is 0 Å². The summed E-state index contributed by atoms with van der Waals surface area (Å²) in [6.07, 6.45) is 2.20. The molecule has 2 aromatic carbocycles. The monoisotopic (exact) mass is 282 g/mol. The van der Waals surface area contributed by atoms with Crippen LogP contribution in [-0.2, 0) is 6.42 Å². The minimum Gasteiger partial charge on any atom is -0.507 e. The van der Waals surface area contributed by atoms with Crippen molar-refractivity contribution >= 4 is 11.9 Å². The zero-order chi connectivity index (χ0) is 15.0. The van der Waals surface area contributed by atoms with Gasteiger partial charge in [0.05, 0.1) is 12.7 Å². The lowest BCUT2D eigenvalue weighted by atomic mass is 10.1. The van der Waals surface area contributed by atoms with Crippen LogP contribution in [0.4, 0.5) is 0 Å². The molecule has 0 bridgehead atoms. The SMILES string of the molecule is COc1ccc(/C=C2\Cc3cccc(O)c3C2=O)cc1O. The number of aromatic hydroxyl groups is 2. The largest absolute Gasteiger partial charge is 0.507 e. The van der Waals surface area contributed by atoms with E-state index in [1.165, 1.54) is 13.2 Å². The maximum Gasteiger partial charge on any atom is 0.193 e. The summed E-state index contributed by atoms with van der Waals surface area (Å²) < 4.78 is 4.99. The van der Waals surface area contributed by atoms with Crippen molar-refractivity contribution < 1.29 is 19.7 Å². The Morgan fingerprint density at radius 1 is 1.14 bits per heavy atom. The first-order valence-corrected chi connectivity index (χ1v) is 6.53. The maximum atomic E-state index is 12.3. The van der Waals surface area contributed by atoms with Crippen LogP contribution in [0.25, 0.3) is 6.08 Å². The summed E-state index contributed by atoms with van der Waals surface area (Å²) in [6.45, 7) is 0. The number of ketones is 1. The molecular weight excluding hydrogens is 268 g/mol. The minimum atomic E-state index is -0.168. The molecule has 0 aliphatic heterocycles. The van der Waals surface area contributed by atoms with Gasteiger partial charge in [-0.2, -0.15) is 0 Å². The fourth-order valence-corrected chi connectivity index (χ4v) is 2.56. The first kappa shape index (κ1) is 13.2. The highest BCUT2D eigenvalue weighted by Gasteiger charge is 2.27. The Bertz CT molecular complexity index is 759. The molecule has 0 fully saturated rings. The van der Waals surface area contributed by atoms with Crippen molar-refractivity contribution in [3.8, 4) is 17.2 Å². The molecule has 4 heteroatoms. The number of allylic oxidation sites excluding steroid dienone is 1. The molecule has 0 heterocycles. The van der Waals surface area contributed by atoms with Gasteiger partial charge in [0, 0.05) is 12.0 Å². The molecular formula is C17H14O4. The third kappa shape index (κ3) is 2.25. The molecule has 0 spiro atoms. The molecule has 4 nitrogen and oxygen atoms in total. The molecule has 3 rings (SSSR count). The van der Waals surface area contributed by atoms with Crippen molar-refractivity contribution in [2.45, 2.75) is 6.42 Å².